The first-order valence-electron chi connectivity index (χ1n) is 6.38. The van der Waals surface area contributed by atoms with Gasteiger partial charge in [-0.15, -0.1) is 0 Å². The molecule has 0 aliphatic rings. The monoisotopic (exact) mass is 406 g/mol. The highest BCUT2D eigenvalue weighted by atomic mass is 127. The fourth-order valence-corrected chi connectivity index (χ4v) is 3.74. The molecule has 3 aromatic rings. The molecule has 2 aromatic carbocycles. The lowest BCUT2D eigenvalue weighted by Crippen LogP contribution is -2.01. The van der Waals surface area contributed by atoms with E-state index < -0.39 is 0 Å². The average Bonchev–Trinajstić information content (AvgIpc) is 2.95. The third-order valence-corrected chi connectivity index (χ3v) is 5.16. The molecule has 1 aromatic heterocycles. The Labute approximate surface area is 137 Å². The lowest BCUT2D eigenvalue weighted by atomic mass is 10.1. The second kappa shape index (κ2) is 6.42. The molecule has 3 rings (SSSR count). The Hall–Kier alpha value is -1.64. The Balaban J connectivity index is 1.81. The largest absolute Gasteiger partial charge is 0.381 e. The van der Waals surface area contributed by atoms with E-state index in [9.17, 15) is 0 Å². The molecule has 1 atom stereocenters. The molecule has 0 aliphatic heterocycles. The van der Waals surface area contributed by atoms with Crippen molar-refractivity contribution < 1.29 is 0 Å². The van der Waals surface area contributed by atoms with Crippen LogP contribution >= 0.6 is 28.4 Å². The third-order valence-electron chi connectivity index (χ3n) is 3.27. The Bertz CT molecular complexity index is 822. The number of halogens is 1. The number of benzene rings is 2. The predicted molar refractivity (Wildman–Crippen MR) is 95.9 cm³/mol. The zero-order chi connectivity index (χ0) is 14.7. The van der Waals surface area contributed by atoms with Crippen LogP contribution in [-0.2, 0) is 6.54 Å². The summed E-state index contributed by atoms with van der Waals surface area (Å²) in [5, 5.41) is 17.9. The number of hydrogen-bond acceptors (Lipinski definition) is 3. The number of hydrogen-bond donors (Lipinski definition) is 1. The maximum atomic E-state index is 9.10. The van der Waals surface area contributed by atoms with Crippen LogP contribution in [0.2, 0.25) is 0 Å². The van der Waals surface area contributed by atoms with Gasteiger partial charge in [0.05, 0.1) is 29.7 Å². The molecule has 21 heavy (non-hydrogen) atoms. The van der Waals surface area contributed by atoms with Crippen LogP contribution in [0.3, 0.4) is 0 Å². The van der Waals surface area contributed by atoms with Crippen molar-refractivity contribution in [3.05, 3.63) is 59.8 Å². The molecule has 0 saturated carbocycles. The van der Waals surface area contributed by atoms with Crippen LogP contribution in [0.5, 0.6) is 0 Å². The second-order valence-corrected chi connectivity index (χ2v) is 6.58. The molecule has 1 heterocycles. The van der Waals surface area contributed by atoms with Crippen LogP contribution in [0, 0.1) is 11.3 Å². The Morgan fingerprint density at radius 3 is 2.95 bits per heavy atom. The molecular formula is C15H12IN4P. The molecule has 0 fully saturated rings. The van der Waals surface area contributed by atoms with E-state index in [2.05, 4.69) is 50.7 Å². The highest BCUT2D eigenvalue weighted by Gasteiger charge is 2.04. The van der Waals surface area contributed by atoms with Gasteiger partial charge in [0.1, 0.15) is 0 Å². The maximum absolute atomic E-state index is 9.10. The highest BCUT2D eigenvalue weighted by molar-refractivity contribution is 14.2. The van der Waals surface area contributed by atoms with Crippen LogP contribution in [0.1, 0.15) is 11.1 Å². The minimum absolute atomic E-state index is 0.601. The van der Waals surface area contributed by atoms with Crippen molar-refractivity contribution in [3.8, 4) is 6.07 Å². The van der Waals surface area contributed by atoms with E-state index in [4.69, 9.17) is 5.26 Å². The van der Waals surface area contributed by atoms with Gasteiger partial charge in [0, 0.05) is 17.6 Å². The zero-order valence-electron chi connectivity index (χ0n) is 11.0. The lowest BCUT2D eigenvalue weighted by molar-refractivity contribution is 1.04. The van der Waals surface area contributed by atoms with Crippen LogP contribution in [0.25, 0.3) is 10.9 Å². The average molecular weight is 406 g/mol. The van der Waals surface area contributed by atoms with E-state index in [1.165, 1.54) is 0 Å². The lowest BCUT2D eigenvalue weighted by Gasteiger charge is -2.08. The van der Waals surface area contributed by atoms with Gasteiger partial charge < -0.3 is 5.32 Å². The van der Waals surface area contributed by atoms with E-state index in [1.54, 1.807) is 0 Å². The second-order valence-electron chi connectivity index (χ2n) is 4.54. The summed E-state index contributed by atoms with van der Waals surface area (Å²) in [6.45, 7) is 0.636. The number of aromatic nitrogens is 2. The molecule has 1 N–H and O–H groups in total. The van der Waals surface area contributed by atoms with E-state index in [0.717, 1.165) is 22.2 Å². The van der Waals surface area contributed by atoms with Crippen molar-refractivity contribution in [2.24, 2.45) is 0 Å². The number of anilines is 1. The number of nitrogens with one attached hydrogen (secondary N) is 1. The van der Waals surface area contributed by atoms with Crippen molar-refractivity contribution in [1.82, 2.24) is 9.55 Å². The molecule has 0 saturated heterocycles. The Morgan fingerprint density at radius 2 is 2.14 bits per heavy atom. The first kappa shape index (κ1) is 14.3. The highest BCUT2D eigenvalue weighted by Crippen LogP contribution is 2.29. The van der Waals surface area contributed by atoms with Crippen molar-refractivity contribution in [2.45, 2.75) is 6.54 Å². The molecule has 0 amide bonds. The summed E-state index contributed by atoms with van der Waals surface area (Å²) < 4.78 is 1.99. The summed E-state index contributed by atoms with van der Waals surface area (Å²) in [6, 6.07) is 16.1. The first-order valence-corrected chi connectivity index (χ1v) is 10.4. The first-order chi connectivity index (χ1) is 10.3. The molecule has 4 nitrogen and oxygen atoms in total. The van der Waals surface area contributed by atoms with Gasteiger partial charge >= 0.3 is 0 Å². The van der Waals surface area contributed by atoms with Gasteiger partial charge in [-0.2, -0.15) is 10.4 Å². The molecule has 0 radical (unpaired) electrons. The molecule has 0 bridgehead atoms. The summed E-state index contributed by atoms with van der Waals surface area (Å²) in [5.41, 5.74) is 3.90. The van der Waals surface area contributed by atoms with Crippen LogP contribution in [0.4, 0.5) is 5.69 Å². The van der Waals surface area contributed by atoms with Crippen molar-refractivity contribution in [1.29, 1.82) is 5.26 Å². The minimum Gasteiger partial charge on any atom is -0.381 e. The fraction of sp³-hybridized carbons (Fsp3) is 0.0667. The van der Waals surface area contributed by atoms with Gasteiger partial charge in [0.25, 0.3) is 0 Å². The van der Waals surface area contributed by atoms with Gasteiger partial charge in [0.15, 0.2) is 0 Å². The molecular weight excluding hydrogens is 394 g/mol. The number of fused-ring (bicyclic) bond motifs is 1. The van der Waals surface area contributed by atoms with Crippen molar-refractivity contribution in [3.63, 3.8) is 0 Å². The van der Waals surface area contributed by atoms with Crippen molar-refractivity contribution in [2.75, 3.05) is 5.32 Å². The van der Waals surface area contributed by atoms with Crippen LogP contribution in [-0.4, -0.2) is 9.55 Å². The molecule has 6 heteroatoms. The Morgan fingerprint density at radius 1 is 1.29 bits per heavy atom. The fourth-order valence-electron chi connectivity index (χ4n) is 2.19. The quantitative estimate of drug-likeness (QED) is 0.519. The van der Waals surface area contributed by atoms with E-state index in [-0.39, 0.29) is 0 Å². The SMILES string of the molecule is N#Cc1ccccc1CNc1ccc2c(cnn2PI)c1. The summed E-state index contributed by atoms with van der Waals surface area (Å²) in [7, 11) is 0. The van der Waals surface area contributed by atoms with Gasteiger partial charge in [-0.05, 0) is 51.9 Å². The van der Waals surface area contributed by atoms with Gasteiger partial charge in [-0.1, -0.05) is 18.2 Å². The molecule has 0 spiro atoms. The molecule has 1 unspecified atom stereocenters. The zero-order valence-corrected chi connectivity index (χ0v) is 14.2. The summed E-state index contributed by atoms with van der Waals surface area (Å²) in [6.07, 6.45) is 2.49. The normalized spacial score (nSPS) is 11.0. The topological polar surface area (TPSA) is 53.6 Å². The number of rotatable bonds is 4. The van der Waals surface area contributed by atoms with E-state index in [1.807, 2.05) is 41.0 Å². The van der Waals surface area contributed by atoms with E-state index in [0.29, 0.717) is 18.5 Å². The molecule has 0 aliphatic carbocycles. The van der Waals surface area contributed by atoms with Crippen LogP contribution < -0.4 is 5.32 Å². The van der Waals surface area contributed by atoms with Crippen molar-refractivity contribution >= 4 is 45.0 Å². The Kier molecular flexibility index (Phi) is 4.37. The summed E-state index contributed by atoms with van der Waals surface area (Å²) in [5.74, 6) is 0. The minimum atomic E-state index is 0.601. The standard InChI is InChI=1S/C15H12IN4P/c16-21-20-15-6-5-14(7-13(15)10-19-20)18-9-12-4-2-1-3-11(12)8-17/h1-7,10,18,21H,9H2. The summed E-state index contributed by atoms with van der Waals surface area (Å²) >= 11 is 2.32. The third kappa shape index (κ3) is 3.02. The predicted octanol–water partition coefficient (Wildman–Crippen LogP) is 4.31. The maximum Gasteiger partial charge on any atom is 0.0995 e. The summed E-state index contributed by atoms with van der Waals surface area (Å²) in [4.78, 5) is 0. The number of nitriles is 1. The van der Waals surface area contributed by atoms with Gasteiger partial charge in [-0.3, -0.25) is 0 Å². The molecule has 104 valence electrons. The smallest absolute Gasteiger partial charge is 0.0995 e. The van der Waals surface area contributed by atoms with Gasteiger partial charge in [0.2, 0.25) is 0 Å². The van der Waals surface area contributed by atoms with Gasteiger partial charge in [-0.25, -0.2) is 4.45 Å². The number of nitrogens with zero attached hydrogens (tertiary/aromatic N) is 3. The van der Waals surface area contributed by atoms with E-state index >= 15 is 0 Å². The van der Waals surface area contributed by atoms with Crippen LogP contribution in [0.15, 0.2) is 48.7 Å².